The van der Waals surface area contributed by atoms with E-state index in [1.54, 1.807) is 6.92 Å². The van der Waals surface area contributed by atoms with Crippen LogP contribution in [0.4, 0.5) is 15.8 Å². The third-order valence-electron chi connectivity index (χ3n) is 2.75. The molecule has 0 amide bonds. The van der Waals surface area contributed by atoms with E-state index in [1.807, 2.05) is 0 Å². The first kappa shape index (κ1) is 17.0. The van der Waals surface area contributed by atoms with Crippen LogP contribution in [0.15, 0.2) is 12.1 Å². The minimum absolute atomic E-state index is 0.100. The molecule has 2 atom stereocenters. The molecule has 1 rings (SSSR count). The van der Waals surface area contributed by atoms with E-state index in [9.17, 15) is 23.5 Å². The van der Waals surface area contributed by atoms with Crippen molar-refractivity contribution in [2.75, 3.05) is 17.3 Å². The minimum atomic E-state index is -1.57. The predicted octanol–water partition coefficient (Wildman–Crippen LogP) is 2.00. The van der Waals surface area contributed by atoms with E-state index < -0.39 is 38.8 Å². The van der Waals surface area contributed by atoms with Gasteiger partial charge >= 0.3 is 5.97 Å². The van der Waals surface area contributed by atoms with Gasteiger partial charge in [0.1, 0.15) is 17.1 Å². The number of halogens is 1. The van der Waals surface area contributed by atoms with E-state index in [0.29, 0.717) is 18.2 Å². The van der Waals surface area contributed by atoms with Gasteiger partial charge in [-0.2, -0.15) is 0 Å². The number of rotatable bonds is 7. The highest BCUT2D eigenvalue weighted by molar-refractivity contribution is 7.84. The van der Waals surface area contributed by atoms with Crippen molar-refractivity contribution in [1.29, 1.82) is 0 Å². The second-order valence-corrected chi connectivity index (χ2v) is 6.08. The highest BCUT2D eigenvalue weighted by atomic mass is 32.2. The highest BCUT2D eigenvalue weighted by Gasteiger charge is 2.22. The van der Waals surface area contributed by atoms with E-state index in [0.717, 1.165) is 6.07 Å². The number of benzene rings is 1. The van der Waals surface area contributed by atoms with Crippen LogP contribution in [0.2, 0.25) is 0 Å². The summed E-state index contributed by atoms with van der Waals surface area (Å²) in [6.07, 6.45) is 2.01. The second kappa shape index (κ2) is 7.11. The maximum absolute atomic E-state index is 13.6. The standard InChI is InChI=1S/C12H15FN2O5S/c1-7(3-4-21(2)20)14-10-6-9(13)8(12(16)17)5-11(10)15(18)19/h5-7,14H,3-4H2,1-2H3,(H,16,17). The first-order valence-electron chi connectivity index (χ1n) is 6.00. The number of nitrogens with zero attached hydrogens (tertiary/aromatic N) is 1. The Morgan fingerprint density at radius 3 is 2.67 bits per heavy atom. The van der Waals surface area contributed by atoms with Gasteiger partial charge in [0.15, 0.2) is 0 Å². The van der Waals surface area contributed by atoms with E-state index >= 15 is 0 Å². The fourth-order valence-corrected chi connectivity index (χ4v) is 2.36. The second-order valence-electron chi connectivity index (χ2n) is 4.52. The van der Waals surface area contributed by atoms with Gasteiger partial charge in [-0.15, -0.1) is 0 Å². The molecule has 0 aliphatic rings. The van der Waals surface area contributed by atoms with Gasteiger partial charge < -0.3 is 10.4 Å². The number of nitrogens with one attached hydrogen (secondary N) is 1. The summed E-state index contributed by atoms with van der Waals surface area (Å²) >= 11 is 0. The van der Waals surface area contributed by atoms with Crippen LogP contribution in [0.1, 0.15) is 23.7 Å². The first-order valence-corrected chi connectivity index (χ1v) is 7.73. The molecule has 0 saturated heterocycles. The van der Waals surface area contributed by atoms with Crippen molar-refractivity contribution in [3.05, 3.63) is 33.6 Å². The van der Waals surface area contributed by atoms with Gasteiger partial charge in [-0.1, -0.05) is 0 Å². The largest absolute Gasteiger partial charge is 0.478 e. The van der Waals surface area contributed by atoms with Crippen molar-refractivity contribution < 1.29 is 23.4 Å². The molecule has 0 heterocycles. The number of carboxylic acids is 1. The van der Waals surface area contributed by atoms with Crippen molar-refractivity contribution in [1.82, 2.24) is 0 Å². The summed E-state index contributed by atoms with van der Waals surface area (Å²) in [6, 6.07) is 1.20. The zero-order valence-corrected chi connectivity index (χ0v) is 12.3. The van der Waals surface area contributed by atoms with Crippen molar-refractivity contribution >= 4 is 28.1 Å². The van der Waals surface area contributed by atoms with E-state index in [-0.39, 0.29) is 11.7 Å². The molecule has 0 saturated carbocycles. The molecule has 0 fully saturated rings. The summed E-state index contributed by atoms with van der Waals surface area (Å²) in [5, 5.41) is 22.5. The lowest BCUT2D eigenvalue weighted by atomic mass is 10.1. The summed E-state index contributed by atoms with van der Waals surface area (Å²) in [4.78, 5) is 21.0. The lowest BCUT2D eigenvalue weighted by Crippen LogP contribution is -2.19. The molecule has 21 heavy (non-hydrogen) atoms. The molecule has 2 unspecified atom stereocenters. The predicted molar refractivity (Wildman–Crippen MR) is 76.6 cm³/mol. The Balaban J connectivity index is 3.05. The average Bonchev–Trinajstić information content (AvgIpc) is 2.35. The highest BCUT2D eigenvalue weighted by Crippen LogP contribution is 2.28. The fourth-order valence-electron chi connectivity index (χ4n) is 1.67. The Hall–Kier alpha value is -2.03. The average molecular weight is 318 g/mol. The molecule has 0 bridgehead atoms. The number of aromatic carboxylic acids is 1. The van der Waals surface area contributed by atoms with Crippen LogP contribution in [0, 0.1) is 15.9 Å². The molecule has 1 aromatic carbocycles. The van der Waals surface area contributed by atoms with Gasteiger partial charge in [0, 0.05) is 41.0 Å². The number of hydrogen-bond acceptors (Lipinski definition) is 5. The molecular formula is C12H15FN2O5S. The van der Waals surface area contributed by atoms with E-state index in [4.69, 9.17) is 5.11 Å². The Morgan fingerprint density at radius 2 is 2.19 bits per heavy atom. The smallest absolute Gasteiger partial charge is 0.338 e. The van der Waals surface area contributed by atoms with Crippen molar-refractivity contribution in [3.8, 4) is 0 Å². The zero-order chi connectivity index (χ0) is 16.2. The number of carbonyl (C=O) groups is 1. The van der Waals surface area contributed by atoms with Gasteiger partial charge in [0.25, 0.3) is 5.69 Å². The van der Waals surface area contributed by atoms with Crippen LogP contribution in [0.5, 0.6) is 0 Å². The van der Waals surface area contributed by atoms with Crippen LogP contribution in [-0.4, -0.2) is 38.3 Å². The zero-order valence-electron chi connectivity index (χ0n) is 11.5. The molecule has 1 aromatic rings. The van der Waals surface area contributed by atoms with Crippen LogP contribution in [0.3, 0.4) is 0 Å². The van der Waals surface area contributed by atoms with Gasteiger partial charge in [0.05, 0.1) is 4.92 Å². The number of anilines is 1. The van der Waals surface area contributed by atoms with Gasteiger partial charge in [-0.3, -0.25) is 14.3 Å². The monoisotopic (exact) mass is 318 g/mol. The quantitative estimate of drug-likeness (QED) is 0.588. The lowest BCUT2D eigenvalue weighted by Gasteiger charge is -2.15. The molecule has 0 aromatic heterocycles. The van der Waals surface area contributed by atoms with Crippen molar-refractivity contribution in [3.63, 3.8) is 0 Å². The van der Waals surface area contributed by atoms with Crippen molar-refractivity contribution in [2.24, 2.45) is 0 Å². The summed E-state index contributed by atoms with van der Waals surface area (Å²) in [5.74, 6) is -2.23. The number of carboxylic acid groups (broad SMARTS) is 1. The lowest BCUT2D eigenvalue weighted by molar-refractivity contribution is -0.384. The van der Waals surface area contributed by atoms with Gasteiger partial charge in [0.2, 0.25) is 0 Å². The SMILES string of the molecule is CC(CCS(C)=O)Nc1cc(F)c(C(=O)O)cc1[N+](=O)[O-]. The van der Waals surface area contributed by atoms with Crippen LogP contribution >= 0.6 is 0 Å². The fraction of sp³-hybridized carbons (Fsp3) is 0.417. The number of hydrogen-bond donors (Lipinski definition) is 2. The topological polar surface area (TPSA) is 110 Å². The summed E-state index contributed by atoms with van der Waals surface area (Å²) in [5.41, 5.74) is -1.37. The third-order valence-corrected chi connectivity index (χ3v) is 3.56. The van der Waals surface area contributed by atoms with Gasteiger partial charge in [-0.05, 0) is 13.3 Å². The minimum Gasteiger partial charge on any atom is -0.478 e. The summed E-state index contributed by atoms with van der Waals surface area (Å²) in [7, 11) is -0.998. The molecule has 7 nitrogen and oxygen atoms in total. The molecular weight excluding hydrogens is 303 g/mol. The number of nitro benzene ring substituents is 1. The Kier molecular flexibility index (Phi) is 5.77. The molecule has 0 aliphatic heterocycles. The Labute approximate surface area is 122 Å². The van der Waals surface area contributed by atoms with E-state index in [1.165, 1.54) is 6.26 Å². The molecule has 2 N–H and O–H groups in total. The number of nitro groups is 1. The first-order chi connectivity index (χ1) is 9.72. The summed E-state index contributed by atoms with van der Waals surface area (Å²) in [6.45, 7) is 1.71. The third kappa shape index (κ3) is 4.78. The molecule has 116 valence electrons. The maximum atomic E-state index is 13.6. The molecule has 0 aliphatic carbocycles. The van der Waals surface area contributed by atoms with Crippen LogP contribution in [0.25, 0.3) is 0 Å². The summed E-state index contributed by atoms with van der Waals surface area (Å²) < 4.78 is 24.6. The maximum Gasteiger partial charge on any atom is 0.338 e. The Bertz CT molecular complexity index is 593. The van der Waals surface area contributed by atoms with E-state index in [2.05, 4.69) is 5.32 Å². The normalized spacial score (nSPS) is 13.5. The Morgan fingerprint density at radius 1 is 1.57 bits per heavy atom. The molecule has 9 heteroatoms. The van der Waals surface area contributed by atoms with Crippen LogP contribution in [-0.2, 0) is 10.8 Å². The van der Waals surface area contributed by atoms with Crippen LogP contribution < -0.4 is 5.32 Å². The van der Waals surface area contributed by atoms with Gasteiger partial charge in [-0.25, -0.2) is 9.18 Å². The van der Waals surface area contributed by atoms with Crippen molar-refractivity contribution in [2.45, 2.75) is 19.4 Å². The molecule has 0 radical (unpaired) electrons. The molecule has 0 spiro atoms.